The molecule has 2 aromatic heterocycles. The predicted octanol–water partition coefficient (Wildman–Crippen LogP) is 5.45. The van der Waals surface area contributed by atoms with Crippen molar-refractivity contribution < 1.29 is 23.8 Å². The number of methoxy groups -OCH3 is 1. The Labute approximate surface area is 199 Å². The molecule has 1 saturated heterocycles. The fraction of sp³-hybridized carbons (Fsp3) is 0.192. The van der Waals surface area contributed by atoms with Gasteiger partial charge in [-0.05, 0) is 74.4 Å². The Morgan fingerprint density at radius 3 is 2.56 bits per heavy atom. The highest BCUT2D eigenvalue weighted by Gasteiger charge is 2.49. The summed E-state index contributed by atoms with van der Waals surface area (Å²) in [6, 6.07) is 13.4. The summed E-state index contributed by atoms with van der Waals surface area (Å²) >= 11 is 1.32. The topological polar surface area (TPSA) is 92.9 Å². The number of fused-ring (bicyclic) bond motifs is 1. The van der Waals surface area contributed by atoms with Crippen molar-refractivity contribution in [2.75, 3.05) is 12.0 Å². The summed E-state index contributed by atoms with van der Waals surface area (Å²) in [5.74, 6) is -0.176. The van der Waals surface area contributed by atoms with Gasteiger partial charge in [0, 0.05) is 5.56 Å². The van der Waals surface area contributed by atoms with E-state index in [9.17, 15) is 14.7 Å². The van der Waals surface area contributed by atoms with Gasteiger partial charge in [0.25, 0.3) is 5.78 Å². The van der Waals surface area contributed by atoms with E-state index < -0.39 is 17.7 Å². The number of aliphatic hydroxyl groups is 1. The molecule has 5 rings (SSSR count). The number of thiazole rings is 1. The number of aliphatic hydroxyl groups excluding tert-OH is 1. The number of anilines is 1. The number of hydrogen-bond donors (Lipinski definition) is 1. The van der Waals surface area contributed by atoms with Gasteiger partial charge in [-0.15, -0.1) is 0 Å². The SMILES string of the molecule is COc1ccc(C(O)=C2C(=O)C(=O)N(c3nc4ccc(C)cc4s3)[C@H]2c2ccc(C)o2)cc1C. The Bertz CT molecular complexity index is 1500. The van der Waals surface area contributed by atoms with Crippen LogP contribution in [0.25, 0.3) is 16.0 Å². The molecule has 1 N–H and O–H groups in total. The molecule has 34 heavy (non-hydrogen) atoms. The predicted molar refractivity (Wildman–Crippen MR) is 130 cm³/mol. The van der Waals surface area contributed by atoms with Gasteiger partial charge in [-0.2, -0.15) is 0 Å². The summed E-state index contributed by atoms with van der Waals surface area (Å²) in [7, 11) is 1.56. The Morgan fingerprint density at radius 2 is 1.88 bits per heavy atom. The fourth-order valence-corrected chi connectivity index (χ4v) is 5.29. The minimum Gasteiger partial charge on any atom is -0.507 e. The molecule has 4 aromatic rings. The number of nitrogens with zero attached hydrogens (tertiary/aromatic N) is 2. The molecule has 1 aliphatic rings. The Morgan fingerprint density at radius 1 is 1.09 bits per heavy atom. The van der Waals surface area contributed by atoms with Crippen molar-refractivity contribution in [3.8, 4) is 5.75 Å². The summed E-state index contributed by atoms with van der Waals surface area (Å²) in [6.45, 7) is 5.60. The highest BCUT2D eigenvalue weighted by molar-refractivity contribution is 7.22. The van der Waals surface area contributed by atoms with Gasteiger partial charge in [0.05, 0.1) is 22.9 Å². The zero-order valence-electron chi connectivity index (χ0n) is 19.1. The second kappa shape index (κ2) is 8.14. The molecule has 1 aliphatic heterocycles. The zero-order valence-corrected chi connectivity index (χ0v) is 19.9. The maximum atomic E-state index is 13.3. The largest absolute Gasteiger partial charge is 0.507 e. The van der Waals surface area contributed by atoms with E-state index in [4.69, 9.17) is 9.15 Å². The Balaban J connectivity index is 1.71. The van der Waals surface area contributed by atoms with Crippen LogP contribution in [0.3, 0.4) is 0 Å². The molecule has 0 radical (unpaired) electrons. The molecular weight excluding hydrogens is 452 g/mol. The lowest BCUT2D eigenvalue weighted by Gasteiger charge is -2.20. The summed E-state index contributed by atoms with van der Waals surface area (Å²) < 4.78 is 12.1. The maximum absolute atomic E-state index is 13.3. The second-order valence-corrected chi connectivity index (χ2v) is 9.28. The number of aryl methyl sites for hydroxylation is 3. The van der Waals surface area contributed by atoms with Crippen molar-refractivity contribution >= 4 is 44.1 Å². The molecule has 0 bridgehead atoms. The maximum Gasteiger partial charge on any atom is 0.302 e. The van der Waals surface area contributed by atoms with Crippen LogP contribution in [0.5, 0.6) is 5.75 Å². The van der Waals surface area contributed by atoms with E-state index in [-0.39, 0.29) is 11.3 Å². The van der Waals surface area contributed by atoms with Crippen molar-refractivity contribution in [3.05, 3.63) is 82.3 Å². The number of carbonyl (C=O) groups excluding carboxylic acids is 2. The first-order valence-electron chi connectivity index (χ1n) is 10.7. The van der Waals surface area contributed by atoms with Gasteiger partial charge in [-0.3, -0.25) is 14.5 Å². The first-order chi connectivity index (χ1) is 16.3. The lowest BCUT2D eigenvalue weighted by Crippen LogP contribution is -2.29. The Kier molecular flexibility index (Phi) is 5.25. The van der Waals surface area contributed by atoms with E-state index >= 15 is 0 Å². The molecule has 0 spiro atoms. The molecule has 1 fully saturated rings. The van der Waals surface area contributed by atoms with Crippen LogP contribution in [-0.2, 0) is 9.59 Å². The molecule has 0 saturated carbocycles. The van der Waals surface area contributed by atoms with Crippen LogP contribution in [-0.4, -0.2) is 28.9 Å². The van der Waals surface area contributed by atoms with Gasteiger partial charge in [-0.25, -0.2) is 4.98 Å². The van der Waals surface area contributed by atoms with Crippen LogP contribution in [0.2, 0.25) is 0 Å². The molecule has 3 heterocycles. The number of aromatic nitrogens is 1. The number of Topliss-reactive ketones (excluding diaryl/α,β-unsaturated/α-hetero) is 1. The van der Waals surface area contributed by atoms with E-state index in [1.807, 2.05) is 32.0 Å². The molecule has 8 heteroatoms. The Hall–Kier alpha value is -3.91. The second-order valence-electron chi connectivity index (χ2n) is 8.27. The average molecular weight is 475 g/mol. The van der Waals surface area contributed by atoms with Crippen LogP contribution >= 0.6 is 11.3 Å². The van der Waals surface area contributed by atoms with Crippen LogP contribution < -0.4 is 9.64 Å². The summed E-state index contributed by atoms with van der Waals surface area (Å²) in [5.41, 5.74) is 2.95. The van der Waals surface area contributed by atoms with Crippen molar-refractivity contribution in [1.29, 1.82) is 0 Å². The quantitative estimate of drug-likeness (QED) is 0.240. The summed E-state index contributed by atoms with van der Waals surface area (Å²) in [4.78, 5) is 32.5. The van der Waals surface area contributed by atoms with E-state index in [0.29, 0.717) is 28.0 Å². The zero-order chi connectivity index (χ0) is 24.1. The van der Waals surface area contributed by atoms with Crippen LogP contribution in [0, 0.1) is 20.8 Å². The van der Waals surface area contributed by atoms with Crippen molar-refractivity contribution in [1.82, 2.24) is 4.98 Å². The lowest BCUT2D eigenvalue weighted by molar-refractivity contribution is -0.132. The van der Waals surface area contributed by atoms with Gasteiger partial charge >= 0.3 is 5.91 Å². The molecule has 0 unspecified atom stereocenters. The third-order valence-corrected chi connectivity index (χ3v) is 6.90. The number of carbonyl (C=O) groups is 2. The number of benzene rings is 2. The normalized spacial score (nSPS) is 17.6. The fourth-order valence-electron chi connectivity index (χ4n) is 4.20. The molecule has 172 valence electrons. The van der Waals surface area contributed by atoms with E-state index in [1.165, 1.54) is 16.2 Å². The number of ether oxygens (including phenoxy) is 1. The number of ketones is 1. The average Bonchev–Trinajstić information content (AvgIpc) is 3.49. The highest BCUT2D eigenvalue weighted by atomic mass is 32.1. The standard InChI is InChI=1S/C26H22N2O5S/c1-13-5-8-17-20(11-13)34-26(27-17)28-22(19-9-6-15(3)33-19)21(24(30)25(28)31)23(29)16-7-10-18(32-4)14(2)12-16/h5-12,22,29H,1-4H3/t22-/m0/s1. The van der Waals surface area contributed by atoms with Crippen LogP contribution in [0.1, 0.15) is 34.3 Å². The van der Waals surface area contributed by atoms with Gasteiger partial charge < -0.3 is 14.3 Å². The molecular formula is C26H22N2O5S. The third kappa shape index (κ3) is 3.47. The molecule has 7 nitrogen and oxygen atoms in total. The van der Waals surface area contributed by atoms with Crippen molar-refractivity contribution in [2.45, 2.75) is 26.8 Å². The van der Waals surface area contributed by atoms with Gasteiger partial charge in [0.15, 0.2) is 5.13 Å². The monoisotopic (exact) mass is 474 g/mol. The van der Waals surface area contributed by atoms with Crippen molar-refractivity contribution in [2.24, 2.45) is 0 Å². The summed E-state index contributed by atoms with van der Waals surface area (Å²) in [5, 5.41) is 11.6. The van der Waals surface area contributed by atoms with Gasteiger partial charge in [-0.1, -0.05) is 17.4 Å². The molecule has 1 atom stereocenters. The molecule has 2 aromatic carbocycles. The minimum absolute atomic E-state index is 0.0423. The van der Waals surface area contributed by atoms with Crippen LogP contribution in [0.4, 0.5) is 5.13 Å². The minimum atomic E-state index is -0.947. The highest BCUT2D eigenvalue weighted by Crippen LogP contribution is 2.45. The van der Waals surface area contributed by atoms with Crippen LogP contribution in [0.15, 0.2) is 58.5 Å². The van der Waals surface area contributed by atoms with E-state index in [0.717, 1.165) is 21.3 Å². The number of amides is 1. The van der Waals surface area contributed by atoms with Gasteiger partial charge in [0.2, 0.25) is 0 Å². The van der Waals surface area contributed by atoms with E-state index in [1.54, 1.807) is 44.4 Å². The first kappa shape index (κ1) is 21.9. The number of furan rings is 1. The molecule has 0 aliphatic carbocycles. The van der Waals surface area contributed by atoms with E-state index in [2.05, 4.69) is 4.98 Å². The molecule has 1 amide bonds. The third-order valence-electron chi connectivity index (χ3n) is 5.88. The van der Waals surface area contributed by atoms with Crippen molar-refractivity contribution in [3.63, 3.8) is 0 Å². The number of hydrogen-bond acceptors (Lipinski definition) is 7. The first-order valence-corrected chi connectivity index (χ1v) is 11.5. The smallest absolute Gasteiger partial charge is 0.302 e. The van der Waals surface area contributed by atoms with Gasteiger partial charge in [0.1, 0.15) is 29.1 Å². The number of rotatable bonds is 4. The lowest BCUT2D eigenvalue weighted by atomic mass is 9.98. The summed E-state index contributed by atoms with van der Waals surface area (Å²) in [6.07, 6.45) is 0.